The highest BCUT2D eigenvalue weighted by atomic mass is 79.9. The molecule has 0 bridgehead atoms. The van der Waals surface area contributed by atoms with Crippen LogP contribution in [0.15, 0.2) is 57.5 Å². The van der Waals surface area contributed by atoms with Crippen LogP contribution in [0.25, 0.3) is 0 Å². The van der Waals surface area contributed by atoms with Crippen LogP contribution in [0.4, 0.5) is 0 Å². The molecule has 196 valence electrons. The number of benzene rings is 3. The fraction of sp³-hybridized carbons (Fsp3) is 0.367. The maximum atomic E-state index is 11.3. The van der Waals surface area contributed by atoms with E-state index in [1.54, 1.807) is 0 Å². The Bertz CT molecular complexity index is 1260. The van der Waals surface area contributed by atoms with Crippen molar-refractivity contribution in [3.05, 3.63) is 90.9 Å². The van der Waals surface area contributed by atoms with Crippen LogP contribution in [0.2, 0.25) is 0 Å². The Labute approximate surface area is 236 Å². The van der Waals surface area contributed by atoms with Gasteiger partial charge in [0.25, 0.3) is 0 Å². The number of nitrogens with one attached hydrogen (secondary N) is 1. The molecule has 1 saturated heterocycles. The maximum Gasteiger partial charge on any atom is 0.307 e. The number of rotatable bonds is 8. The van der Waals surface area contributed by atoms with Crippen molar-refractivity contribution in [1.82, 2.24) is 10.2 Å². The third kappa shape index (κ3) is 6.63. The Morgan fingerprint density at radius 3 is 2.30 bits per heavy atom. The van der Waals surface area contributed by atoms with E-state index in [1.165, 1.54) is 22.3 Å². The molecule has 0 spiro atoms. The molecule has 37 heavy (non-hydrogen) atoms. The van der Waals surface area contributed by atoms with Gasteiger partial charge in [-0.25, -0.2) is 0 Å². The van der Waals surface area contributed by atoms with Gasteiger partial charge in [-0.05, 0) is 92.1 Å². The van der Waals surface area contributed by atoms with E-state index in [4.69, 9.17) is 4.74 Å². The summed E-state index contributed by atoms with van der Waals surface area (Å²) in [7, 11) is 0. The summed E-state index contributed by atoms with van der Waals surface area (Å²) in [5.41, 5.74) is 6.80. The Hall–Kier alpha value is -2.19. The minimum Gasteiger partial charge on any atom is -0.481 e. The predicted molar refractivity (Wildman–Crippen MR) is 156 cm³/mol. The standard InChI is InChI=1S/C30H34Br2N2O3/c1-18(2)23-17-27(37-30-25(31)14-21(15-26(30)32)16-28(35)36)24(13-20(23)4)29(34-10-8-33-9-11-34)22-7-5-6-19(3)12-22/h5-7,12-15,17-18,29,33H,8-11,16H2,1-4H3,(H,35,36). The molecule has 1 atom stereocenters. The number of nitrogens with zero attached hydrogens (tertiary/aromatic N) is 1. The van der Waals surface area contributed by atoms with Crippen LogP contribution in [0.1, 0.15) is 59.2 Å². The zero-order chi connectivity index (χ0) is 26.7. The van der Waals surface area contributed by atoms with Gasteiger partial charge in [-0.15, -0.1) is 0 Å². The third-order valence-electron chi connectivity index (χ3n) is 6.82. The lowest BCUT2D eigenvalue weighted by Crippen LogP contribution is -2.45. The first-order chi connectivity index (χ1) is 17.6. The lowest BCUT2D eigenvalue weighted by molar-refractivity contribution is -0.136. The summed E-state index contributed by atoms with van der Waals surface area (Å²) >= 11 is 7.27. The van der Waals surface area contributed by atoms with E-state index < -0.39 is 5.97 Å². The summed E-state index contributed by atoms with van der Waals surface area (Å²) in [4.78, 5) is 13.8. The molecular weight excluding hydrogens is 596 g/mol. The quantitative estimate of drug-likeness (QED) is 0.272. The molecule has 1 fully saturated rings. The van der Waals surface area contributed by atoms with E-state index in [1.807, 2.05) is 12.1 Å². The summed E-state index contributed by atoms with van der Waals surface area (Å²) < 4.78 is 8.14. The van der Waals surface area contributed by atoms with Crippen LogP contribution in [-0.2, 0) is 11.2 Å². The van der Waals surface area contributed by atoms with Gasteiger partial charge in [-0.3, -0.25) is 9.69 Å². The number of aliphatic carboxylic acids is 1. The van der Waals surface area contributed by atoms with Gasteiger partial charge in [-0.2, -0.15) is 0 Å². The molecule has 7 heteroatoms. The van der Waals surface area contributed by atoms with E-state index in [2.05, 4.69) is 106 Å². The van der Waals surface area contributed by atoms with Crippen LogP contribution in [0.5, 0.6) is 11.5 Å². The molecule has 0 aromatic heterocycles. The smallest absolute Gasteiger partial charge is 0.307 e. The second-order valence-electron chi connectivity index (χ2n) is 10.1. The van der Waals surface area contributed by atoms with Gasteiger partial charge in [-0.1, -0.05) is 49.7 Å². The summed E-state index contributed by atoms with van der Waals surface area (Å²) in [6.45, 7) is 12.5. The Kier molecular flexibility index (Phi) is 9.11. The molecule has 0 amide bonds. The fourth-order valence-electron chi connectivity index (χ4n) is 5.11. The second-order valence-corrected chi connectivity index (χ2v) is 11.8. The van der Waals surface area contributed by atoms with Crippen molar-refractivity contribution in [2.24, 2.45) is 0 Å². The summed E-state index contributed by atoms with van der Waals surface area (Å²) in [6, 6.07) is 16.9. The topological polar surface area (TPSA) is 61.8 Å². The summed E-state index contributed by atoms with van der Waals surface area (Å²) in [5.74, 6) is 0.925. The number of hydrogen-bond acceptors (Lipinski definition) is 4. The van der Waals surface area contributed by atoms with Gasteiger partial charge in [0, 0.05) is 31.7 Å². The lowest BCUT2D eigenvalue weighted by Gasteiger charge is -2.37. The van der Waals surface area contributed by atoms with Crippen molar-refractivity contribution in [1.29, 1.82) is 0 Å². The molecule has 1 heterocycles. The van der Waals surface area contributed by atoms with Crippen molar-refractivity contribution < 1.29 is 14.6 Å². The summed E-state index contributed by atoms with van der Waals surface area (Å²) in [5, 5.41) is 12.7. The number of ether oxygens (including phenoxy) is 1. The zero-order valence-electron chi connectivity index (χ0n) is 21.8. The Balaban J connectivity index is 1.87. The van der Waals surface area contributed by atoms with Gasteiger partial charge in [0.15, 0.2) is 5.75 Å². The molecule has 1 aliphatic heterocycles. The van der Waals surface area contributed by atoms with Crippen molar-refractivity contribution in [2.45, 2.75) is 46.1 Å². The van der Waals surface area contributed by atoms with Crippen molar-refractivity contribution in [3.8, 4) is 11.5 Å². The number of carboxylic acids is 1. The molecule has 0 saturated carbocycles. The third-order valence-corrected chi connectivity index (χ3v) is 7.99. The van der Waals surface area contributed by atoms with Crippen molar-refractivity contribution in [3.63, 3.8) is 0 Å². The number of aryl methyl sites for hydroxylation is 2. The van der Waals surface area contributed by atoms with Gasteiger partial charge in [0.1, 0.15) is 5.75 Å². The van der Waals surface area contributed by atoms with E-state index >= 15 is 0 Å². The molecule has 3 aromatic rings. The van der Waals surface area contributed by atoms with E-state index in [9.17, 15) is 9.90 Å². The Morgan fingerprint density at radius 2 is 1.70 bits per heavy atom. The average Bonchev–Trinajstić information content (AvgIpc) is 2.83. The maximum absolute atomic E-state index is 11.3. The molecular formula is C30H34Br2N2O3. The van der Waals surface area contributed by atoms with E-state index in [-0.39, 0.29) is 12.5 Å². The lowest BCUT2D eigenvalue weighted by atomic mass is 9.89. The van der Waals surface area contributed by atoms with Gasteiger partial charge < -0.3 is 15.2 Å². The number of carbonyl (C=O) groups is 1. The molecule has 1 unspecified atom stereocenters. The molecule has 4 rings (SSSR count). The largest absolute Gasteiger partial charge is 0.481 e. The number of piperazine rings is 1. The van der Waals surface area contributed by atoms with Gasteiger partial charge in [0.2, 0.25) is 0 Å². The monoisotopic (exact) mass is 628 g/mol. The fourth-order valence-corrected chi connectivity index (χ4v) is 6.56. The normalized spacial score (nSPS) is 15.1. The molecule has 3 aromatic carbocycles. The van der Waals surface area contributed by atoms with E-state index in [0.717, 1.165) is 37.5 Å². The molecule has 0 aliphatic carbocycles. The average molecular weight is 630 g/mol. The van der Waals surface area contributed by atoms with Crippen LogP contribution >= 0.6 is 31.9 Å². The van der Waals surface area contributed by atoms with Gasteiger partial charge >= 0.3 is 5.97 Å². The molecule has 5 nitrogen and oxygen atoms in total. The second kappa shape index (κ2) is 12.1. The highest BCUT2D eigenvalue weighted by molar-refractivity contribution is 9.11. The van der Waals surface area contributed by atoms with Crippen LogP contribution in [0, 0.1) is 13.8 Å². The van der Waals surface area contributed by atoms with Crippen LogP contribution < -0.4 is 10.1 Å². The highest BCUT2D eigenvalue weighted by Gasteiger charge is 2.28. The highest BCUT2D eigenvalue weighted by Crippen LogP contribution is 2.44. The van der Waals surface area contributed by atoms with Gasteiger partial charge in [0.05, 0.1) is 21.4 Å². The minimum absolute atomic E-state index is 0.0424. The first-order valence-electron chi connectivity index (χ1n) is 12.7. The number of halogens is 2. The minimum atomic E-state index is -0.869. The first kappa shape index (κ1) is 27.8. The van der Waals surface area contributed by atoms with Crippen molar-refractivity contribution >= 4 is 37.8 Å². The number of hydrogen-bond donors (Lipinski definition) is 2. The Morgan fingerprint density at radius 1 is 1.03 bits per heavy atom. The molecule has 1 aliphatic rings. The number of carboxylic acid groups (broad SMARTS) is 1. The SMILES string of the molecule is Cc1cccc(C(c2cc(C)c(C(C)C)cc2Oc2c(Br)cc(CC(=O)O)cc2Br)N2CCNCC2)c1. The zero-order valence-corrected chi connectivity index (χ0v) is 24.9. The summed E-state index contributed by atoms with van der Waals surface area (Å²) in [6.07, 6.45) is -0.0524. The van der Waals surface area contributed by atoms with Crippen molar-refractivity contribution in [2.75, 3.05) is 26.2 Å². The molecule has 0 radical (unpaired) electrons. The van der Waals surface area contributed by atoms with Crippen LogP contribution in [-0.4, -0.2) is 42.2 Å². The van der Waals surface area contributed by atoms with Crippen LogP contribution in [0.3, 0.4) is 0 Å². The van der Waals surface area contributed by atoms with E-state index in [0.29, 0.717) is 26.2 Å². The first-order valence-corrected chi connectivity index (χ1v) is 14.3. The predicted octanol–water partition coefficient (Wildman–Crippen LogP) is 7.37. The molecule has 2 N–H and O–H groups in total.